The first-order chi connectivity index (χ1) is 8.32. The number of carboxylic acids is 1. The smallest absolute Gasteiger partial charge is 0.310 e. The molecule has 0 aromatic rings. The molecule has 0 aliphatic rings. The largest absolute Gasteiger partial charge is 0.481 e. The molecule has 0 spiro atoms. The molecule has 1 unspecified atom stereocenters. The van der Waals surface area contributed by atoms with Crippen molar-refractivity contribution in [1.82, 2.24) is 4.90 Å². The molecule has 1 N–H and O–H groups in total. The van der Waals surface area contributed by atoms with Gasteiger partial charge in [-0.3, -0.25) is 9.59 Å². The summed E-state index contributed by atoms with van der Waals surface area (Å²) in [6.07, 6.45) is 2.09. The van der Waals surface area contributed by atoms with E-state index in [1.807, 2.05) is 13.8 Å². The fraction of sp³-hybridized carbons (Fsp3) is 0.857. The predicted octanol–water partition coefficient (Wildman–Crippen LogP) is 2.77. The summed E-state index contributed by atoms with van der Waals surface area (Å²) in [5, 5.41) is 9.31. The predicted molar refractivity (Wildman–Crippen MR) is 72.4 cm³/mol. The van der Waals surface area contributed by atoms with Gasteiger partial charge in [0.15, 0.2) is 0 Å². The molecule has 0 saturated carbocycles. The van der Waals surface area contributed by atoms with Gasteiger partial charge in [-0.1, -0.05) is 34.1 Å². The molecule has 1 amide bonds. The van der Waals surface area contributed by atoms with Gasteiger partial charge in [0, 0.05) is 20.0 Å². The van der Waals surface area contributed by atoms with Crippen LogP contribution in [0.25, 0.3) is 0 Å². The summed E-state index contributed by atoms with van der Waals surface area (Å²) in [7, 11) is 1.76. The summed E-state index contributed by atoms with van der Waals surface area (Å²) in [5.74, 6) is -0.486. The first-order valence-corrected chi connectivity index (χ1v) is 6.80. The number of nitrogens with zero attached hydrogens (tertiary/aromatic N) is 1. The molecule has 0 heterocycles. The van der Waals surface area contributed by atoms with E-state index in [1.54, 1.807) is 11.9 Å². The normalized spacial score (nSPS) is 13.2. The maximum absolute atomic E-state index is 12.1. The first-order valence-electron chi connectivity index (χ1n) is 6.80. The molecule has 0 rings (SSSR count). The van der Waals surface area contributed by atoms with Crippen LogP contribution in [0.1, 0.15) is 53.4 Å². The van der Waals surface area contributed by atoms with Crippen molar-refractivity contribution in [3.8, 4) is 0 Å². The topological polar surface area (TPSA) is 57.6 Å². The molecule has 0 aliphatic carbocycles. The quantitative estimate of drug-likeness (QED) is 0.727. The Morgan fingerprint density at radius 2 is 1.72 bits per heavy atom. The molecule has 0 saturated heterocycles. The van der Waals surface area contributed by atoms with E-state index in [2.05, 4.69) is 13.8 Å². The Labute approximate surface area is 110 Å². The summed E-state index contributed by atoms with van der Waals surface area (Å²) >= 11 is 0. The van der Waals surface area contributed by atoms with Crippen molar-refractivity contribution in [3.05, 3.63) is 0 Å². The lowest BCUT2D eigenvalue weighted by Gasteiger charge is -2.29. The number of aliphatic carboxylic acids is 1. The van der Waals surface area contributed by atoms with Crippen molar-refractivity contribution < 1.29 is 14.7 Å². The minimum atomic E-state index is -0.902. The van der Waals surface area contributed by atoms with E-state index in [0.717, 1.165) is 6.42 Å². The highest BCUT2D eigenvalue weighted by molar-refractivity contribution is 5.84. The minimum Gasteiger partial charge on any atom is -0.481 e. The van der Waals surface area contributed by atoms with Crippen LogP contribution in [0, 0.1) is 11.3 Å². The number of carboxylic acid groups (broad SMARTS) is 1. The highest BCUT2D eigenvalue weighted by atomic mass is 16.4. The summed E-state index contributed by atoms with van der Waals surface area (Å²) in [6.45, 7) is 8.54. The molecule has 0 aliphatic heterocycles. The van der Waals surface area contributed by atoms with Gasteiger partial charge in [0.2, 0.25) is 5.91 Å². The second-order valence-corrected chi connectivity index (χ2v) is 5.26. The molecular weight excluding hydrogens is 230 g/mol. The van der Waals surface area contributed by atoms with Gasteiger partial charge in [-0.2, -0.15) is 0 Å². The second-order valence-electron chi connectivity index (χ2n) is 5.26. The van der Waals surface area contributed by atoms with Gasteiger partial charge in [0.1, 0.15) is 0 Å². The van der Waals surface area contributed by atoms with Crippen LogP contribution in [-0.2, 0) is 9.59 Å². The molecule has 0 fully saturated rings. The zero-order chi connectivity index (χ0) is 14.3. The van der Waals surface area contributed by atoms with E-state index >= 15 is 0 Å². The molecule has 0 bridgehead atoms. The summed E-state index contributed by atoms with van der Waals surface area (Å²) in [6, 6.07) is 0. The molecule has 0 radical (unpaired) electrons. The zero-order valence-corrected chi connectivity index (χ0v) is 12.3. The fourth-order valence-corrected chi connectivity index (χ4v) is 2.00. The average Bonchev–Trinajstić information content (AvgIpc) is 2.34. The maximum Gasteiger partial charge on any atom is 0.310 e. The zero-order valence-electron chi connectivity index (χ0n) is 12.3. The number of amides is 1. The Morgan fingerprint density at radius 3 is 2.06 bits per heavy atom. The number of carbonyl (C=O) groups excluding carboxylic acids is 1. The lowest BCUT2D eigenvalue weighted by molar-refractivity contribution is -0.154. The minimum absolute atomic E-state index is 0.0681. The average molecular weight is 257 g/mol. The van der Waals surface area contributed by atoms with Crippen molar-refractivity contribution in [2.45, 2.75) is 53.4 Å². The maximum atomic E-state index is 12.1. The Hall–Kier alpha value is -1.06. The van der Waals surface area contributed by atoms with Gasteiger partial charge < -0.3 is 10.0 Å². The first kappa shape index (κ1) is 16.9. The van der Waals surface area contributed by atoms with Gasteiger partial charge in [0.25, 0.3) is 0 Å². The summed E-state index contributed by atoms with van der Waals surface area (Å²) in [5.41, 5.74) is -0.902. The van der Waals surface area contributed by atoms with Crippen LogP contribution >= 0.6 is 0 Å². The van der Waals surface area contributed by atoms with Gasteiger partial charge in [-0.25, -0.2) is 0 Å². The Balaban J connectivity index is 4.65. The summed E-state index contributed by atoms with van der Waals surface area (Å²) in [4.78, 5) is 25.1. The number of hydrogen-bond acceptors (Lipinski definition) is 2. The summed E-state index contributed by atoms with van der Waals surface area (Å²) < 4.78 is 0. The lowest BCUT2D eigenvalue weighted by Crippen LogP contribution is -2.39. The Bertz CT molecular complexity index is 285. The third-order valence-electron chi connectivity index (χ3n) is 4.01. The Morgan fingerprint density at radius 1 is 1.22 bits per heavy atom. The van der Waals surface area contributed by atoms with E-state index < -0.39 is 11.4 Å². The van der Waals surface area contributed by atoms with E-state index in [4.69, 9.17) is 0 Å². The number of hydrogen-bond donors (Lipinski definition) is 1. The van der Waals surface area contributed by atoms with E-state index in [9.17, 15) is 14.7 Å². The van der Waals surface area contributed by atoms with Crippen LogP contribution in [-0.4, -0.2) is 35.5 Å². The van der Waals surface area contributed by atoms with Gasteiger partial charge >= 0.3 is 5.97 Å². The van der Waals surface area contributed by atoms with Crippen molar-refractivity contribution in [2.24, 2.45) is 11.3 Å². The monoisotopic (exact) mass is 257 g/mol. The van der Waals surface area contributed by atoms with E-state index in [0.29, 0.717) is 25.3 Å². The number of rotatable bonds is 8. The van der Waals surface area contributed by atoms with Crippen molar-refractivity contribution in [2.75, 3.05) is 13.6 Å². The second kappa shape index (κ2) is 7.39. The van der Waals surface area contributed by atoms with Gasteiger partial charge in [-0.15, -0.1) is 0 Å². The van der Waals surface area contributed by atoms with E-state index in [1.165, 1.54) is 0 Å². The molecule has 1 atom stereocenters. The molecule has 18 heavy (non-hydrogen) atoms. The van der Waals surface area contributed by atoms with Gasteiger partial charge in [0.05, 0.1) is 5.41 Å². The lowest BCUT2D eigenvalue weighted by atomic mass is 9.79. The molecule has 0 aromatic carbocycles. The van der Waals surface area contributed by atoms with Crippen molar-refractivity contribution in [1.29, 1.82) is 0 Å². The van der Waals surface area contributed by atoms with E-state index in [-0.39, 0.29) is 12.3 Å². The molecule has 4 heteroatoms. The van der Waals surface area contributed by atoms with Gasteiger partial charge in [-0.05, 0) is 18.8 Å². The number of carbonyl (C=O) groups is 2. The SMILES string of the molecule is CCC(C)CN(C)C(=O)CC(CC)(CC)C(=O)O. The fourth-order valence-electron chi connectivity index (χ4n) is 2.00. The third kappa shape index (κ3) is 4.31. The van der Waals surface area contributed by atoms with Crippen LogP contribution < -0.4 is 0 Å². The van der Waals surface area contributed by atoms with Crippen LogP contribution in [0.4, 0.5) is 0 Å². The van der Waals surface area contributed by atoms with Crippen molar-refractivity contribution >= 4 is 11.9 Å². The van der Waals surface area contributed by atoms with Crippen LogP contribution in [0.2, 0.25) is 0 Å². The van der Waals surface area contributed by atoms with Crippen LogP contribution in [0.3, 0.4) is 0 Å². The molecule has 106 valence electrons. The highest BCUT2D eigenvalue weighted by Gasteiger charge is 2.37. The highest BCUT2D eigenvalue weighted by Crippen LogP contribution is 2.31. The standard InChI is InChI=1S/C14H27NO3/c1-6-11(4)10-15(5)12(16)9-14(7-2,8-3)13(17)18/h11H,6-10H2,1-5H3,(H,17,18). The van der Waals surface area contributed by atoms with Crippen LogP contribution in [0.15, 0.2) is 0 Å². The van der Waals surface area contributed by atoms with Crippen molar-refractivity contribution in [3.63, 3.8) is 0 Å². The third-order valence-corrected chi connectivity index (χ3v) is 4.01. The van der Waals surface area contributed by atoms with Crippen LogP contribution in [0.5, 0.6) is 0 Å². The Kier molecular flexibility index (Phi) is 6.96. The molecule has 4 nitrogen and oxygen atoms in total. The molecule has 0 aromatic heterocycles. The molecular formula is C14H27NO3.